The summed E-state index contributed by atoms with van der Waals surface area (Å²) in [5.74, 6) is 3.30. The van der Waals surface area contributed by atoms with Crippen LogP contribution in [0.4, 0.5) is 5.69 Å². The van der Waals surface area contributed by atoms with Crippen molar-refractivity contribution in [3.05, 3.63) is 17.7 Å². The molecule has 0 saturated heterocycles. The maximum atomic E-state index is 5.40. The summed E-state index contributed by atoms with van der Waals surface area (Å²) in [5.41, 5.74) is 2.37. The van der Waals surface area contributed by atoms with E-state index in [1.54, 1.807) is 14.2 Å². The summed E-state index contributed by atoms with van der Waals surface area (Å²) in [7, 11) is 3.36. The lowest BCUT2D eigenvalue weighted by atomic mass is 9.79. The number of hydrogen-bond acceptors (Lipinski definition) is 3. The molecule has 1 aliphatic rings. The third kappa shape index (κ3) is 3.84. The van der Waals surface area contributed by atoms with E-state index in [9.17, 15) is 0 Å². The minimum absolute atomic E-state index is 0.580. The van der Waals surface area contributed by atoms with Crippen LogP contribution in [0, 0.1) is 18.8 Å². The highest BCUT2D eigenvalue weighted by molar-refractivity contribution is 5.60. The molecule has 1 aromatic rings. The van der Waals surface area contributed by atoms with Crippen LogP contribution in [0.3, 0.4) is 0 Å². The van der Waals surface area contributed by atoms with Gasteiger partial charge in [-0.25, -0.2) is 0 Å². The zero-order valence-corrected chi connectivity index (χ0v) is 14.0. The Bertz CT molecular complexity index is 463. The minimum atomic E-state index is 0.580. The maximum absolute atomic E-state index is 5.40. The Morgan fingerprint density at radius 1 is 1.00 bits per heavy atom. The monoisotopic (exact) mass is 291 g/mol. The third-order valence-corrected chi connectivity index (χ3v) is 4.80. The van der Waals surface area contributed by atoms with Crippen molar-refractivity contribution in [2.75, 3.05) is 19.5 Å². The number of hydrogen-bond donors (Lipinski definition) is 1. The number of ether oxygens (including phenoxy) is 2. The van der Waals surface area contributed by atoms with Gasteiger partial charge in [-0.2, -0.15) is 0 Å². The molecule has 21 heavy (non-hydrogen) atoms. The van der Waals surface area contributed by atoms with E-state index in [2.05, 4.69) is 32.2 Å². The maximum Gasteiger partial charge on any atom is 0.162 e. The SMILES string of the molecule is COc1cc(C)c(NC2CCC(C(C)C)CC2)cc1OC. The first-order chi connectivity index (χ1) is 10.0. The van der Waals surface area contributed by atoms with Gasteiger partial charge in [0.25, 0.3) is 0 Å². The first-order valence-corrected chi connectivity index (χ1v) is 8.04. The average Bonchev–Trinajstić information content (AvgIpc) is 2.49. The molecule has 3 heteroatoms. The van der Waals surface area contributed by atoms with Crippen molar-refractivity contribution >= 4 is 5.69 Å². The predicted molar refractivity (Wildman–Crippen MR) is 88.5 cm³/mol. The van der Waals surface area contributed by atoms with Gasteiger partial charge >= 0.3 is 0 Å². The van der Waals surface area contributed by atoms with Crippen LogP contribution >= 0.6 is 0 Å². The van der Waals surface area contributed by atoms with E-state index < -0.39 is 0 Å². The molecule has 0 amide bonds. The molecule has 1 fully saturated rings. The van der Waals surface area contributed by atoms with E-state index in [4.69, 9.17) is 9.47 Å². The van der Waals surface area contributed by atoms with Crippen molar-refractivity contribution in [3.63, 3.8) is 0 Å². The summed E-state index contributed by atoms with van der Waals surface area (Å²) >= 11 is 0. The zero-order chi connectivity index (χ0) is 15.4. The van der Waals surface area contributed by atoms with Gasteiger partial charge in [-0.3, -0.25) is 0 Å². The van der Waals surface area contributed by atoms with Crippen LogP contribution in [-0.2, 0) is 0 Å². The topological polar surface area (TPSA) is 30.5 Å². The molecule has 1 aliphatic carbocycles. The van der Waals surface area contributed by atoms with Gasteiger partial charge in [-0.05, 0) is 56.1 Å². The quantitative estimate of drug-likeness (QED) is 0.857. The van der Waals surface area contributed by atoms with E-state index in [0.29, 0.717) is 6.04 Å². The predicted octanol–water partition coefficient (Wildman–Crippen LogP) is 4.64. The molecular weight excluding hydrogens is 262 g/mol. The molecule has 3 nitrogen and oxygen atoms in total. The molecule has 0 atom stereocenters. The van der Waals surface area contributed by atoms with E-state index in [0.717, 1.165) is 23.3 Å². The molecule has 1 aromatic carbocycles. The number of nitrogens with one attached hydrogen (secondary N) is 1. The van der Waals surface area contributed by atoms with E-state index in [1.807, 2.05) is 6.07 Å². The first-order valence-electron chi connectivity index (χ1n) is 8.04. The number of methoxy groups -OCH3 is 2. The van der Waals surface area contributed by atoms with Gasteiger partial charge in [-0.15, -0.1) is 0 Å². The van der Waals surface area contributed by atoms with Crippen LogP contribution in [0.25, 0.3) is 0 Å². The fourth-order valence-electron chi connectivity index (χ4n) is 3.29. The second-order valence-electron chi connectivity index (χ2n) is 6.52. The van der Waals surface area contributed by atoms with Crippen molar-refractivity contribution < 1.29 is 9.47 Å². The second-order valence-corrected chi connectivity index (χ2v) is 6.52. The first kappa shape index (κ1) is 16.0. The number of aryl methyl sites for hydroxylation is 1. The van der Waals surface area contributed by atoms with Gasteiger partial charge in [0.05, 0.1) is 14.2 Å². The molecule has 2 rings (SSSR count). The Balaban J connectivity index is 2.03. The van der Waals surface area contributed by atoms with Crippen LogP contribution in [0.1, 0.15) is 45.1 Å². The Labute approximate surface area is 129 Å². The third-order valence-electron chi connectivity index (χ3n) is 4.80. The summed E-state index contributed by atoms with van der Waals surface area (Å²) in [6.45, 7) is 6.80. The van der Waals surface area contributed by atoms with Crippen molar-refractivity contribution in [2.45, 2.75) is 52.5 Å². The van der Waals surface area contributed by atoms with E-state index in [1.165, 1.54) is 36.9 Å². The van der Waals surface area contributed by atoms with Gasteiger partial charge in [0.2, 0.25) is 0 Å². The Morgan fingerprint density at radius 3 is 2.10 bits per heavy atom. The Hall–Kier alpha value is -1.38. The number of rotatable bonds is 5. The van der Waals surface area contributed by atoms with Gasteiger partial charge in [-0.1, -0.05) is 13.8 Å². The van der Waals surface area contributed by atoms with E-state index >= 15 is 0 Å². The highest BCUT2D eigenvalue weighted by Gasteiger charge is 2.23. The lowest BCUT2D eigenvalue weighted by Crippen LogP contribution is -2.28. The standard InChI is InChI=1S/C18H29NO2/c1-12(2)14-6-8-15(9-7-14)19-16-11-18(21-5)17(20-4)10-13(16)3/h10-12,14-15,19H,6-9H2,1-5H3. The van der Waals surface area contributed by atoms with Gasteiger partial charge in [0.15, 0.2) is 11.5 Å². The molecule has 0 aromatic heterocycles. The smallest absolute Gasteiger partial charge is 0.162 e. The molecule has 0 heterocycles. The van der Waals surface area contributed by atoms with Crippen molar-refractivity contribution in [3.8, 4) is 11.5 Å². The van der Waals surface area contributed by atoms with Gasteiger partial charge in [0.1, 0.15) is 0 Å². The molecule has 118 valence electrons. The van der Waals surface area contributed by atoms with Gasteiger partial charge in [0, 0.05) is 17.8 Å². The molecular formula is C18H29NO2. The fourth-order valence-corrected chi connectivity index (χ4v) is 3.29. The number of anilines is 1. The average molecular weight is 291 g/mol. The fraction of sp³-hybridized carbons (Fsp3) is 0.667. The van der Waals surface area contributed by atoms with Crippen LogP contribution in [0.2, 0.25) is 0 Å². The molecule has 0 aliphatic heterocycles. The van der Waals surface area contributed by atoms with Gasteiger partial charge < -0.3 is 14.8 Å². The lowest BCUT2D eigenvalue weighted by molar-refractivity contribution is 0.267. The summed E-state index contributed by atoms with van der Waals surface area (Å²) in [5, 5.41) is 3.70. The summed E-state index contributed by atoms with van der Waals surface area (Å²) in [6, 6.07) is 4.68. The molecule has 0 unspecified atom stereocenters. The molecule has 0 bridgehead atoms. The largest absolute Gasteiger partial charge is 0.493 e. The molecule has 1 N–H and O–H groups in total. The van der Waals surface area contributed by atoms with Crippen molar-refractivity contribution in [2.24, 2.45) is 11.8 Å². The normalized spacial score (nSPS) is 22.2. The second kappa shape index (κ2) is 7.06. The highest BCUT2D eigenvalue weighted by atomic mass is 16.5. The van der Waals surface area contributed by atoms with Crippen LogP contribution in [0.5, 0.6) is 11.5 Å². The summed E-state index contributed by atoms with van der Waals surface area (Å²) in [6.07, 6.45) is 5.19. The number of benzene rings is 1. The lowest BCUT2D eigenvalue weighted by Gasteiger charge is -2.32. The van der Waals surface area contributed by atoms with Crippen LogP contribution in [0.15, 0.2) is 12.1 Å². The van der Waals surface area contributed by atoms with Crippen molar-refractivity contribution in [1.29, 1.82) is 0 Å². The molecule has 1 saturated carbocycles. The Morgan fingerprint density at radius 2 is 1.57 bits per heavy atom. The molecule has 0 spiro atoms. The molecule has 0 radical (unpaired) electrons. The van der Waals surface area contributed by atoms with Crippen LogP contribution in [-0.4, -0.2) is 20.3 Å². The summed E-state index contributed by atoms with van der Waals surface area (Å²) in [4.78, 5) is 0. The Kier molecular flexibility index (Phi) is 5.38. The van der Waals surface area contributed by atoms with Crippen molar-refractivity contribution in [1.82, 2.24) is 0 Å². The zero-order valence-electron chi connectivity index (χ0n) is 14.0. The van der Waals surface area contributed by atoms with E-state index in [-0.39, 0.29) is 0 Å². The summed E-state index contributed by atoms with van der Waals surface area (Å²) < 4.78 is 10.8. The highest BCUT2D eigenvalue weighted by Crippen LogP contribution is 2.35. The minimum Gasteiger partial charge on any atom is -0.493 e. The van der Waals surface area contributed by atoms with Crippen LogP contribution < -0.4 is 14.8 Å².